The number of nitrogens with zero attached hydrogens (tertiary/aromatic N) is 2. The highest BCUT2D eigenvalue weighted by Gasteiger charge is 2.23. The number of para-hydroxylation sites is 1. The molecule has 1 amide bonds. The zero-order valence-corrected chi connectivity index (χ0v) is 22.1. The normalized spacial score (nSPS) is 16.7. The summed E-state index contributed by atoms with van der Waals surface area (Å²) in [5.74, 6) is 1.42. The minimum absolute atomic E-state index is 0.104. The van der Waals surface area contributed by atoms with Gasteiger partial charge in [0.05, 0.1) is 6.54 Å². The highest BCUT2D eigenvalue weighted by molar-refractivity contribution is 7.14. The van der Waals surface area contributed by atoms with Crippen LogP contribution in [0.2, 0.25) is 0 Å². The van der Waals surface area contributed by atoms with E-state index in [0.29, 0.717) is 24.8 Å². The lowest BCUT2D eigenvalue weighted by Gasteiger charge is -2.33. The number of aromatic nitrogens is 1. The van der Waals surface area contributed by atoms with E-state index in [2.05, 4.69) is 63.8 Å². The molecular weight excluding hydrogens is 480 g/mol. The SMILES string of the molecule is CCC1=C(c2ccccc2)C=C(CN2CCC(CNC(=O)c3csc(Nc4ccccc4)n3)CC2)OC1. The van der Waals surface area contributed by atoms with Crippen molar-refractivity contribution in [3.05, 3.63) is 94.7 Å². The van der Waals surface area contributed by atoms with E-state index in [4.69, 9.17) is 4.74 Å². The summed E-state index contributed by atoms with van der Waals surface area (Å²) in [6, 6.07) is 20.5. The lowest BCUT2D eigenvalue weighted by atomic mass is 9.95. The average molecular weight is 515 g/mol. The fraction of sp³-hybridized carbons (Fsp3) is 0.333. The maximum absolute atomic E-state index is 12.6. The molecule has 3 aromatic rings. The van der Waals surface area contributed by atoms with Crippen LogP contribution in [-0.2, 0) is 4.74 Å². The molecule has 0 bridgehead atoms. The topological polar surface area (TPSA) is 66.5 Å². The molecule has 2 N–H and O–H groups in total. The summed E-state index contributed by atoms with van der Waals surface area (Å²) < 4.78 is 6.12. The van der Waals surface area contributed by atoms with Crippen molar-refractivity contribution >= 4 is 33.6 Å². The quantitative estimate of drug-likeness (QED) is 0.361. The summed E-state index contributed by atoms with van der Waals surface area (Å²) in [4.78, 5) is 19.6. The van der Waals surface area contributed by atoms with Gasteiger partial charge in [-0.05, 0) is 73.2 Å². The predicted molar refractivity (Wildman–Crippen MR) is 151 cm³/mol. The van der Waals surface area contributed by atoms with Crippen molar-refractivity contribution in [2.75, 3.05) is 38.1 Å². The molecule has 192 valence electrons. The Hall–Kier alpha value is -3.42. The minimum Gasteiger partial charge on any atom is -0.492 e. The van der Waals surface area contributed by atoms with Crippen molar-refractivity contribution in [3.63, 3.8) is 0 Å². The van der Waals surface area contributed by atoms with Gasteiger partial charge < -0.3 is 15.4 Å². The summed E-state index contributed by atoms with van der Waals surface area (Å²) in [6.07, 6.45) is 5.36. The van der Waals surface area contributed by atoms with Crippen LogP contribution in [0, 0.1) is 5.92 Å². The van der Waals surface area contributed by atoms with Crippen LogP contribution in [-0.4, -0.2) is 48.6 Å². The number of benzene rings is 2. The lowest BCUT2D eigenvalue weighted by molar-refractivity contribution is 0.0930. The number of thiazole rings is 1. The van der Waals surface area contributed by atoms with Crippen molar-refractivity contribution in [3.8, 4) is 0 Å². The van der Waals surface area contributed by atoms with Gasteiger partial charge in [-0.15, -0.1) is 11.3 Å². The Bertz CT molecular complexity index is 1240. The third-order valence-electron chi connectivity index (χ3n) is 7.03. The van der Waals surface area contributed by atoms with Gasteiger partial charge in [0.25, 0.3) is 5.91 Å². The maximum Gasteiger partial charge on any atom is 0.270 e. The third kappa shape index (κ3) is 6.67. The van der Waals surface area contributed by atoms with E-state index in [-0.39, 0.29) is 5.91 Å². The summed E-state index contributed by atoms with van der Waals surface area (Å²) in [5.41, 5.74) is 5.36. The van der Waals surface area contributed by atoms with Crippen LogP contribution in [0.25, 0.3) is 5.57 Å². The summed E-state index contributed by atoms with van der Waals surface area (Å²) in [7, 11) is 0. The molecule has 2 aromatic carbocycles. The number of hydrogen-bond acceptors (Lipinski definition) is 6. The summed E-state index contributed by atoms with van der Waals surface area (Å²) >= 11 is 1.44. The smallest absolute Gasteiger partial charge is 0.270 e. The zero-order chi connectivity index (χ0) is 25.5. The fourth-order valence-electron chi connectivity index (χ4n) is 4.83. The average Bonchev–Trinajstić information content (AvgIpc) is 3.42. The molecule has 2 aliphatic heterocycles. The molecule has 6 nitrogen and oxygen atoms in total. The van der Waals surface area contributed by atoms with Crippen molar-refractivity contribution in [2.45, 2.75) is 26.2 Å². The highest BCUT2D eigenvalue weighted by atomic mass is 32.1. The van der Waals surface area contributed by atoms with Crippen molar-refractivity contribution < 1.29 is 9.53 Å². The standard InChI is InChI=1S/C30H34N4O2S/c1-2-23-20-36-26(17-27(23)24-9-5-3-6-10-24)19-34-15-13-22(14-16-34)18-31-29(35)28-21-37-30(33-28)32-25-11-7-4-8-12-25/h3-12,17,21-22H,2,13-16,18-20H2,1H3,(H,31,35)(H,32,33). The van der Waals surface area contributed by atoms with E-state index in [1.807, 2.05) is 35.7 Å². The van der Waals surface area contributed by atoms with E-state index < -0.39 is 0 Å². The molecule has 1 fully saturated rings. The number of nitrogens with one attached hydrogen (secondary N) is 2. The van der Waals surface area contributed by atoms with Crippen LogP contribution in [0.4, 0.5) is 10.8 Å². The molecular formula is C30H34N4O2S. The summed E-state index contributed by atoms with van der Waals surface area (Å²) in [6.45, 7) is 6.41. The van der Waals surface area contributed by atoms with E-state index in [0.717, 1.165) is 55.5 Å². The molecule has 2 aliphatic rings. The first-order valence-corrected chi connectivity index (χ1v) is 13.9. The van der Waals surface area contributed by atoms with Crippen LogP contribution >= 0.6 is 11.3 Å². The molecule has 1 aromatic heterocycles. The second-order valence-corrected chi connectivity index (χ2v) is 10.5. The molecule has 0 radical (unpaired) electrons. The molecule has 3 heterocycles. The number of carbonyl (C=O) groups is 1. The van der Waals surface area contributed by atoms with E-state index in [9.17, 15) is 4.79 Å². The van der Waals surface area contributed by atoms with Crippen molar-refractivity contribution in [1.29, 1.82) is 0 Å². The molecule has 0 atom stereocenters. The monoisotopic (exact) mass is 514 g/mol. The zero-order valence-electron chi connectivity index (χ0n) is 21.3. The number of allylic oxidation sites excluding steroid dienone is 2. The van der Waals surface area contributed by atoms with Gasteiger partial charge in [-0.1, -0.05) is 55.5 Å². The van der Waals surface area contributed by atoms with Gasteiger partial charge in [-0.2, -0.15) is 0 Å². The predicted octanol–water partition coefficient (Wildman–Crippen LogP) is 6.11. The van der Waals surface area contributed by atoms with Crippen LogP contribution in [0.3, 0.4) is 0 Å². The minimum atomic E-state index is -0.104. The highest BCUT2D eigenvalue weighted by Crippen LogP contribution is 2.29. The number of carbonyl (C=O) groups excluding carboxylic acids is 1. The van der Waals surface area contributed by atoms with Crippen LogP contribution < -0.4 is 10.6 Å². The van der Waals surface area contributed by atoms with Crippen LogP contribution in [0.5, 0.6) is 0 Å². The Labute approximate surface area is 223 Å². The molecule has 0 spiro atoms. The fourth-order valence-corrected chi connectivity index (χ4v) is 5.54. The Morgan fingerprint density at radius 3 is 2.54 bits per heavy atom. The Morgan fingerprint density at radius 2 is 1.81 bits per heavy atom. The second-order valence-electron chi connectivity index (χ2n) is 9.59. The molecule has 0 unspecified atom stereocenters. The van der Waals surface area contributed by atoms with Crippen molar-refractivity contribution in [2.24, 2.45) is 5.92 Å². The van der Waals surface area contributed by atoms with Gasteiger partial charge in [-0.25, -0.2) is 4.98 Å². The van der Waals surface area contributed by atoms with E-state index in [1.165, 1.54) is 28.0 Å². The van der Waals surface area contributed by atoms with Gasteiger partial charge in [-0.3, -0.25) is 9.69 Å². The number of likely N-dealkylation sites (tertiary alicyclic amines) is 1. The van der Waals surface area contributed by atoms with Crippen LogP contribution in [0.15, 0.2) is 83.5 Å². The van der Waals surface area contributed by atoms with Gasteiger partial charge in [0.1, 0.15) is 18.1 Å². The van der Waals surface area contributed by atoms with E-state index >= 15 is 0 Å². The third-order valence-corrected chi connectivity index (χ3v) is 7.79. The van der Waals surface area contributed by atoms with E-state index in [1.54, 1.807) is 0 Å². The lowest BCUT2D eigenvalue weighted by Crippen LogP contribution is -2.39. The number of hydrogen-bond donors (Lipinski definition) is 2. The number of rotatable bonds is 9. The molecule has 1 saturated heterocycles. The molecule has 0 saturated carbocycles. The van der Waals surface area contributed by atoms with Gasteiger partial charge in [0.2, 0.25) is 0 Å². The first-order chi connectivity index (χ1) is 18.2. The first-order valence-electron chi connectivity index (χ1n) is 13.1. The number of anilines is 2. The summed E-state index contributed by atoms with van der Waals surface area (Å²) in [5, 5.41) is 8.87. The largest absolute Gasteiger partial charge is 0.492 e. The number of ether oxygens (including phenoxy) is 1. The number of amides is 1. The van der Waals surface area contributed by atoms with Crippen molar-refractivity contribution in [1.82, 2.24) is 15.2 Å². The Balaban J connectivity index is 1.08. The Morgan fingerprint density at radius 1 is 1.08 bits per heavy atom. The molecule has 37 heavy (non-hydrogen) atoms. The molecule has 7 heteroatoms. The van der Waals surface area contributed by atoms with Gasteiger partial charge >= 0.3 is 0 Å². The Kier molecular flexibility index (Phi) is 8.33. The van der Waals surface area contributed by atoms with Crippen LogP contribution in [0.1, 0.15) is 42.2 Å². The number of piperidine rings is 1. The molecule has 0 aliphatic carbocycles. The maximum atomic E-state index is 12.6. The van der Waals surface area contributed by atoms with Gasteiger partial charge in [0, 0.05) is 17.6 Å². The first kappa shape index (κ1) is 25.2. The molecule has 5 rings (SSSR count). The van der Waals surface area contributed by atoms with Gasteiger partial charge in [0.15, 0.2) is 5.13 Å². The second kappa shape index (κ2) is 12.2.